The zero-order valence-corrected chi connectivity index (χ0v) is 11.3. The van der Waals surface area contributed by atoms with Crippen molar-refractivity contribution in [1.29, 1.82) is 0 Å². The zero-order valence-electron chi connectivity index (χ0n) is 8.86. The standard InChI is InChI=1S/C9H13N3OS.2ClH/c1-6-7(14-5-12-6)4-11-8(13)9(10)2-3-9;;/h5H,2-4,10H2,1H3,(H,11,13);2*1H. The molecule has 0 spiro atoms. The number of hydrogen-bond donors (Lipinski definition) is 2. The second-order valence-corrected chi connectivity index (χ2v) is 4.64. The lowest BCUT2D eigenvalue weighted by molar-refractivity contribution is -0.123. The van der Waals surface area contributed by atoms with Crippen LogP contribution in [0.3, 0.4) is 0 Å². The van der Waals surface area contributed by atoms with Crippen molar-refractivity contribution in [2.45, 2.75) is 31.8 Å². The fourth-order valence-corrected chi connectivity index (χ4v) is 1.91. The third kappa shape index (κ3) is 3.31. The molecule has 3 N–H and O–H groups in total. The summed E-state index contributed by atoms with van der Waals surface area (Å²) in [6, 6.07) is 0. The fourth-order valence-electron chi connectivity index (χ4n) is 1.19. The molecule has 1 aromatic heterocycles. The first-order chi connectivity index (χ1) is 6.62. The molecule has 92 valence electrons. The van der Waals surface area contributed by atoms with E-state index in [1.54, 1.807) is 16.8 Å². The Hall–Kier alpha value is -0.360. The second kappa shape index (κ2) is 5.82. The molecular weight excluding hydrogens is 269 g/mol. The Morgan fingerprint density at radius 3 is 2.69 bits per heavy atom. The lowest BCUT2D eigenvalue weighted by Crippen LogP contribution is -2.42. The van der Waals surface area contributed by atoms with E-state index in [4.69, 9.17) is 5.73 Å². The number of amides is 1. The van der Waals surface area contributed by atoms with Crippen molar-refractivity contribution in [2.75, 3.05) is 0 Å². The van der Waals surface area contributed by atoms with Gasteiger partial charge in [-0.2, -0.15) is 0 Å². The molecule has 1 saturated carbocycles. The molecule has 1 fully saturated rings. The maximum atomic E-state index is 11.5. The van der Waals surface area contributed by atoms with Gasteiger partial charge in [0.15, 0.2) is 0 Å². The Morgan fingerprint density at radius 2 is 2.25 bits per heavy atom. The summed E-state index contributed by atoms with van der Waals surface area (Å²) < 4.78 is 0. The summed E-state index contributed by atoms with van der Waals surface area (Å²) in [6.45, 7) is 2.49. The van der Waals surface area contributed by atoms with Gasteiger partial charge in [0.1, 0.15) is 0 Å². The van der Waals surface area contributed by atoms with Crippen LogP contribution in [0.5, 0.6) is 0 Å². The maximum absolute atomic E-state index is 11.5. The molecule has 7 heteroatoms. The van der Waals surface area contributed by atoms with Gasteiger partial charge in [0.05, 0.1) is 23.3 Å². The highest BCUT2D eigenvalue weighted by Gasteiger charge is 2.45. The molecule has 0 saturated heterocycles. The summed E-state index contributed by atoms with van der Waals surface area (Å²) in [5.74, 6) is -0.0368. The molecule has 1 aliphatic rings. The molecule has 1 aromatic rings. The average molecular weight is 284 g/mol. The zero-order chi connectivity index (χ0) is 10.2. The summed E-state index contributed by atoms with van der Waals surface area (Å²) in [6.07, 6.45) is 1.61. The highest BCUT2D eigenvalue weighted by Crippen LogP contribution is 2.32. The van der Waals surface area contributed by atoms with E-state index < -0.39 is 5.54 Å². The smallest absolute Gasteiger partial charge is 0.240 e. The first-order valence-electron chi connectivity index (χ1n) is 4.58. The third-order valence-corrected chi connectivity index (χ3v) is 3.43. The largest absolute Gasteiger partial charge is 0.350 e. The van der Waals surface area contributed by atoms with Gasteiger partial charge in [-0.15, -0.1) is 36.2 Å². The van der Waals surface area contributed by atoms with Crippen LogP contribution in [0.1, 0.15) is 23.4 Å². The molecule has 2 rings (SSSR count). The minimum Gasteiger partial charge on any atom is -0.350 e. The molecular formula is C9H15Cl2N3OS. The van der Waals surface area contributed by atoms with Crippen molar-refractivity contribution in [3.63, 3.8) is 0 Å². The molecule has 1 aliphatic carbocycles. The number of aryl methyl sites for hydroxylation is 1. The third-order valence-electron chi connectivity index (χ3n) is 2.50. The van der Waals surface area contributed by atoms with Gasteiger partial charge in [-0.3, -0.25) is 4.79 Å². The van der Waals surface area contributed by atoms with Crippen molar-refractivity contribution < 1.29 is 4.79 Å². The normalized spacial score (nSPS) is 15.6. The van der Waals surface area contributed by atoms with E-state index in [9.17, 15) is 4.79 Å². The van der Waals surface area contributed by atoms with E-state index in [0.717, 1.165) is 23.4 Å². The van der Waals surface area contributed by atoms with Crippen LogP contribution in [0.15, 0.2) is 5.51 Å². The molecule has 1 amide bonds. The Balaban J connectivity index is 0.00000112. The maximum Gasteiger partial charge on any atom is 0.240 e. The van der Waals surface area contributed by atoms with Crippen molar-refractivity contribution in [3.8, 4) is 0 Å². The van der Waals surface area contributed by atoms with Gasteiger partial charge < -0.3 is 11.1 Å². The van der Waals surface area contributed by atoms with E-state index in [0.29, 0.717) is 6.54 Å². The van der Waals surface area contributed by atoms with Crippen LogP contribution in [-0.4, -0.2) is 16.4 Å². The monoisotopic (exact) mass is 283 g/mol. The highest BCUT2D eigenvalue weighted by atomic mass is 35.5. The average Bonchev–Trinajstić information content (AvgIpc) is 2.77. The first kappa shape index (κ1) is 15.6. The number of thiazole rings is 1. The second-order valence-electron chi connectivity index (χ2n) is 3.70. The van der Waals surface area contributed by atoms with Gasteiger partial charge in [0.2, 0.25) is 5.91 Å². The van der Waals surface area contributed by atoms with Crippen LogP contribution in [0.2, 0.25) is 0 Å². The predicted octanol–water partition coefficient (Wildman–Crippen LogP) is 1.40. The summed E-state index contributed by atoms with van der Waals surface area (Å²) in [4.78, 5) is 16.7. The number of carbonyl (C=O) groups excluding carboxylic acids is 1. The summed E-state index contributed by atoms with van der Waals surface area (Å²) in [5, 5.41) is 2.83. The van der Waals surface area contributed by atoms with E-state index in [2.05, 4.69) is 10.3 Å². The quantitative estimate of drug-likeness (QED) is 0.881. The topological polar surface area (TPSA) is 68.0 Å². The first-order valence-corrected chi connectivity index (χ1v) is 5.46. The van der Waals surface area contributed by atoms with Gasteiger partial charge in [0, 0.05) is 4.88 Å². The van der Waals surface area contributed by atoms with Gasteiger partial charge in [-0.05, 0) is 19.8 Å². The van der Waals surface area contributed by atoms with Crippen molar-refractivity contribution in [3.05, 3.63) is 16.1 Å². The lowest BCUT2D eigenvalue weighted by Gasteiger charge is -2.08. The lowest BCUT2D eigenvalue weighted by atomic mass is 10.2. The number of nitrogens with zero attached hydrogens (tertiary/aromatic N) is 1. The molecule has 0 aliphatic heterocycles. The molecule has 1 heterocycles. The number of aromatic nitrogens is 1. The minimum absolute atomic E-state index is 0. The number of halogens is 2. The van der Waals surface area contributed by atoms with E-state index in [-0.39, 0.29) is 30.7 Å². The number of hydrogen-bond acceptors (Lipinski definition) is 4. The molecule has 4 nitrogen and oxygen atoms in total. The highest BCUT2D eigenvalue weighted by molar-refractivity contribution is 7.09. The predicted molar refractivity (Wildman–Crippen MR) is 69.3 cm³/mol. The van der Waals surface area contributed by atoms with E-state index >= 15 is 0 Å². The van der Waals surface area contributed by atoms with Gasteiger partial charge in [-0.1, -0.05) is 0 Å². The number of carbonyl (C=O) groups is 1. The van der Waals surface area contributed by atoms with Crippen molar-refractivity contribution in [2.24, 2.45) is 5.73 Å². The van der Waals surface area contributed by atoms with Crippen LogP contribution in [-0.2, 0) is 11.3 Å². The molecule has 0 atom stereocenters. The van der Waals surface area contributed by atoms with E-state index in [1.165, 1.54) is 0 Å². The Bertz CT molecular complexity index is 365. The van der Waals surface area contributed by atoms with Gasteiger partial charge >= 0.3 is 0 Å². The summed E-state index contributed by atoms with van der Waals surface area (Å²) >= 11 is 1.56. The van der Waals surface area contributed by atoms with E-state index in [1.807, 2.05) is 6.92 Å². The number of rotatable bonds is 3. The Kier molecular flexibility index (Phi) is 5.69. The van der Waals surface area contributed by atoms with Crippen LogP contribution < -0.4 is 11.1 Å². The summed E-state index contributed by atoms with van der Waals surface area (Å²) in [7, 11) is 0. The van der Waals surface area contributed by atoms with Gasteiger partial charge in [-0.25, -0.2) is 4.98 Å². The molecule has 0 aromatic carbocycles. The molecule has 0 unspecified atom stereocenters. The van der Waals surface area contributed by atoms with Crippen molar-refractivity contribution in [1.82, 2.24) is 10.3 Å². The molecule has 16 heavy (non-hydrogen) atoms. The van der Waals surface area contributed by atoms with Crippen LogP contribution in [0, 0.1) is 6.92 Å². The SMILES string of the molecule is Cc1ncsc1CNC(=O)C1(N)CC1.Cl.Cl. The molecule has 0 bridgehead atoms. The fraction of sp³-hybridized carbons (Fsp3) is 0.556. The van der Waals surface area contributed by atoms with Crippen LogP contribution in [0.25, 0.3) is 0 Å². The van der Waals surface area contributed by atoms with Crippen LogP contribution >= 0.6 is 36.2 Å². The summed E-state index contributed by atoms with van der Waals surface area (Å²) in [5.41, 5.74) is 7.94. The van der Waals surface area contributed by atoms with Gasteiger partial charge in [0.25, 0.3) is 0 Å². The minimum atomic E-state index is -0.571. The number of nitrogens with two attached hydrogens (primary N) is 1. The van der Waals surface area contributed by atoms with Crippen LogP contribution in [0.4, 0.5) is 0 Å². The Labute approximate surface area is 111 Å². The Morgan fingerprint density at radius 1 is 1.62 bits per heavy atom. The van der Waals surface area contributed by atoms with Crippen molar-refractivity contribution >= 4 is 42.1 Å². The number of nitrogens with one attached hydrogen (secondary N) is 1. The molecule has 0 radical (unpaired) electrons.